The molecule has 0 atom stereocenters. The molecule has 462 valence electrons. The number of benzene rings is 17. The molecular weight excluding hydrogens is 1180 g/mol. The second-order valence-electron chi connectivity index (χ2n) is 30.1. The number of rotatable bonds is 5. The lowest BCUT2D eigenvalue weighted by Crippen LogP contribution is -2.15. The Hall–Kier alpha value is -11.4. The van der Waals surface area contributed by atoms with Crippen molar-refractivity contribution in [1.29, 1.82) is 0 Å². The van der Waals surface area contributed by atoms with E-state index in [0.717, 1.165) is 0 Å². The van der Waals surface area contributed by atoms with Crippen LogP contribution in [0.1, 0.15) is 76.3 Å². The fourth-order valence-corrected chi connectivity index (χ4v) is 18.4. The first-order valence-electron chi connectivity index (χ1n) is 35.0. The Morgan fingerprint density at radius 2 is 0.571 bits per heavy atom. The molecule has 0 heteroatoms. The van der Waals surface area contributed by atoms with E-state index in [1.807, 2.05) is 0 Å². The lowest BCUT2D eigenvalue weighted by molar-refractivity contribution is 0.591. The Morgan fingerprint density at radius 1 is 0.204 bits per heavy atom. The minimum absolute atomic E-state index is 0.00886. The molecule has 17 aromatic rings. The molecule has 0 saturated heterocycles. The van der Waals surface area contributed by atoms with Crippen LogP contribution in [0.3, 0.4) is 0 Å². The topological polar surface area (TPSA) is 0 Å². The van der Waals surface area contributed by atoms with Crippen molar-refractivity contribution in [3.05, 3.63) is 325 Å². The van der Waals surface area contributed by atoms with Gasteiger partial charge in [0, 0.05) is 10.8 Å². The highest BCUT2D eigenvalue weighted by Gasteiger charge is 2.39. The Labute approximate surface area is 573 Å². The molecular formula is C98H70. The second-order valence-corrected chi connectivity index (χ2v) is 30.1. The first-order chi connectivity index (χ1) is 47.8. The minimum atomic E-state index is -0.115. The average Bonchev–Trinajstić information content (AvgIpc) is 1.45. The summed E-state index contributed by atoms with van der Waals surface area (Å²) in [4.78, 5) is 0. The summed E-state index contributed by atoms with van der Waals surface area (Å²) < 4.78 is 0. The summed E-state index contributed by atoms with van der Waals surface area (Å²) >= 11 is 0. The molecule has 0 bridgehead atoms. The van der Waals surface area contributed by atoms with Gasteiger partial charge in [-0.05, 0) is 238 Å². The van der Waals surface area contributed by atoms with E-state index in [2.05, 4.69) is 346 Å². The molecule has 4 aliphatic carbocycles. The van der Waals surface area contributed by atoms with Gasteiger partial charge in [-0.3, -0.25) is 0 Å². The van der Waals surface area contributed by atoms with Crippen molar-refractivity contribution < 1.29 is 0 Å². The fraction of sp³-hybridized carbons (Fsp3) is 0.102. The SMILES string of the molecule is CC(C)(C)c1cc2ccc3ccc(-c4ccc5c(c4)C(C)(C)c4cc(-c6ccc7c(c6)C(C)(C)c6ccccc6-7)ccc4-5)c4ccc(c1)c2c34.c1ccc(-c2c3c(c(-c4ccccc4)c4ccccc24)-c2ccc(-c4ccc5c6c(cccc46)-c4ccccc4-5)c4cccc-3c24)cc1. The molecule has 21 rings (SSSR count). The summed E-state index contributed by atoms with van der Waals surface area (Å²) in [5.74, 6) is 0. The molecule has 0 amide bonds. The zero-order valence-corrected chi connectivity index (χ0v) is 56.3. The lowest BCUT2D eigenvalue weighted by atomic mass is 9.79. The zero-order valence-electron chi connectivity index (χ0n) is 56.3. The maximum atomic E-state index is 2.48. The quantitative estimate of drug-likeness (QED) is 0.151. The average molecular weight is 1250 g/mol. The Balaban J connectivity index is 0.000000133. The first-order valence-corrected chi connectivity index (χ1v) is 35.0. The molecule has 0 fully saturated rings. The van der Waals surface area contributed by atoms with Gasteiger partial charge in [0.1, 0.15) is 0 Å². The highest BCUT2D eigenvalue weighted by atomic mass is 14.4. The number of fused-ring (bicyclic) bond motifs is 13. The van der Waals surface area contributed by atoms with E-state index in [9.17, 15) is 0 Å². The van der Waals surface area contributed by atoms with Crippen LogP contribution in [0, 0.1) is 0 Å². The van der Waals surface area contributed by atoms with E-state index in [0.29, 0.717) is 0 Å². The van der Waals surface area contributed by atoms with Gasteiger partial charge in [-0.1, -0.05) is 328 Å². The normalized spacial score (nSPS) is 13.8. The Kier molecular flexibility index (Phi) is 11.9. The van der Waals surface area contributed by atoms with Crippen molar-refractivity contribution in [2.45, 2.75) is 64.7 Å². The third kappa shape index (κ3) is 8.01. The molecule has 0 heterocycles. The van der Waals surface area contributed by atoms with Gasteiger partial charge >= 0.3 is 0 Å². The largest absolute Gasteiger partial charge is 0.0622 e. The molecule has 17 aromatic carbocycles. The molecule has 4 aliphatic rings. The fourth-order valence-electron chi connectivity index (χ4n) is 18.4. The van der Waals surface area contributed by atoms with Crippen LogP contribution >= 0.6 is 0 Å². The van der Waals surface area contributed by atoms with Crippen molar-refractivity contribution in [1.82, 2.24) is 0 Å². The molecule has 98 heavy (non-hydrogen) atoms. The predicted octanol–water partition coefficient (Wildman–Crippen LogP) is 27.3. The molecule has 0 nitrogen and oxygen atoms in total. The number of hydrogen-bond acceptors (Lipinski definition) is 0. The molecule has 0 saturated carbocycles. The Bertz CT molecular complexity index is 6160. The Morgan fingerprint density at radius 3 is 1.15 bits per heavy atom. The summed E-state index contributed by atoms with van der Waals surface area (Å²) in [5, 5.41) is 16.0. The summed E-state index contributed by atoms with van der Waals surface area (Å²) in [6.07, 6.45) is 0. The van der Waals surface area contributed by atoms with Crippen LogP contribution in [0.5, 0.6) is 0 Å². The van der Waals surface area contributed by atoms with E-state index in [-0.39, 0.29) is 16.2 Å². The van der Waals surface area contributed by atoms with Gasteiger partial charge in [-0.25, -0.2) is 0 Å². The summed E-state index contributed by atoms with van der Waals surface area (Å²) in [5.41, 5.74) is 36.1. The van der Waals surface area contributed by atoms with E-state index < -0.39 is 0 Å². The van der Waals surface area contributed by atoms with Crippen molar-refractivity contribution >= 4 is 64.6 Å². The van der Waals surface area contributed by atoms with Crippen LogP contribution in [0.15, 0.2) is 297 Å². The summed E-state index contributed by atoms with van der Waals surface area (Å²) in [6.45, 7) is 16.5. The van der Waals surface area contributed by atoms with Crippen molar-refractivity contribution in [3.63, 3.8) is 0 Å². The van der Waals surface area contributed by atoms with Gasteiger partial charge in [-0.2, -0.15) is 0 Å². The smallest absolute Gasteiger partial charge is 0.0159 e. The number of hydrogen-bond donors (Lipinski definition) is 0. The monoisotopic (exact) mass is 1250 g/mol. The van der Waals surface area contributed by atoms with Crippen LogP contribution in [-0.2, 0) is 16.2 Å². The highest BCUT2D eigenvalue weighted by Crippen LogP contribution is 2.60. The van der Waals surface area contributed by atoms with Gasteiger partial charge in [0.05, 0.1) is 0 Å². The van der Waals surface area contributed by atoms with Gasteiger partial charge in [0.15, 0.2) is 0 Å². The van der Waals surface area contributed by atoms with Crippen LogP contribution in [0.25, 0.3) is 187 Å². The maximum Gasteiger partial charge on any atom is 0.0159 e. The van der Waals surface area contributed by atoms with Crippen molar-refractivity contribution in [2.24, 2.45) is 0 Å². The predicted molar refractivity (Wildman–Crippen MR) is 419 cm³/mol. The van der Waals surface area contributed by atoms with Crippen LogP contribution < -0.4 is 0 Å². The third-order valence-corrected chi connectivity index (χ3v) is 23.1. The maximum absolute atomic E-state index is 2.48. The van der Waals surface area contributed by atoms with Gasteiger partial charge in [-0.15, -0.1) is 0 Å². The minimum Gasteiger partial charge on any atom is -0.0622 e. The first kappa shape index (κ1) is 56.9. The summed E-state index contributed by atoms with van der Waals surface area (Å²) in [7, 11) is 0. The van der Waals surface area contributed by atoms with Crippen LogP contribution in [0.2, 0.25) is 0 Å². The second kappa shape index (κ2) is 20.5. The van der Waals surface area contributed by atoms with Gasteiger partial charge in [0.2, 0.25) is 0 Å². The molecule has 0 spiro atoms. The van der Waals surface area contributed by atoms with E-state index >= 15 is 0 Å². The molecule has 0 aromatic heterocycles. The van der Waals surface area contributed by atoms with E-state index in [1.54, 1.807) is 0 Å². The zero-order chi connectivity index (χ0) is 65.7. The van der Waals surface area contributed by atoms with Crippen LogP contribution in [0.4, 0.5) is 0 Å². The van der Waals surface area contributed by atoms with Crippen molar-refractivity contribution in [3.8, 4) is 122 Å². The van der Waals surface area contributed by atoms with Crippen molar-refractivity contribution in [2.75, 3.05) is 0 Å². The lowest BCUT2D eigenvalue weighted by Gasteiger charge is -2.24. The third-order valence-electron chi connectivity index (χ3n) is 23.1. The van der Waals surface area contributed by atoms with Gasteiger partial charge < -0.3 is 0 Å². The standard InChI is InChI=1S/C50H42.C48H28/c1-48(2,3)35-24-33-13-12-29-14-19-36(41-23-18-34(25-35)46(33)47(29)41)32-17-22-40-39-21-16-31(27-44(39)50(6,7)45(40)28-32)30-15-20-38-37-10-8-9-11-42(37)49(4,5)43(38)26-30;1-3-13-29(14-4-1)43-38-19-9-10-20-39(38)44(30-15-5-2-6-16-30)48-42-28-26-34(37-23-12-24-41(46(37)42)47(43)48)33-25-27-40-32-18-8-7-17-31(32)35-21-11-22-36(33)45(35)40/h8-28H,1-7H3;1-28H. The molecule has 0 aliphatic heterocycles. The van der Waals surface area contributed by atoms with E-state index in [1.165, 1.54) is 215 Å². The molecule has 0 N–H and O–H groups in total. The molecule has 0 unspecified atom stereocenters. The van der Waals surface area contributed by atoms with E-state index in [4.69, 9.17) is 0 Å². The van der Waals surface area contributed by atoms with Crippen LogP contribution in [-0.4, -0.2) is 0 Å². The summed E-state index contributed by atoms with van der Waals surface area (Å²) in [6, 6.07) is 112. The molecule has 0 radical (unpaired) electrons. The van der Waals surface area contributed by atoms with Gasteiger partial charge in [0.25, 0.3) is 0 Å². The highest BCUT2D eigenvalue weighted by molar-refractivity contribution is 6.30.